The molecule has 3 N–H and O–H groups in total. The van der Waals surface area contributed by atoms with Crippen molar-refractivity contribution in [2.45, 2.75) is 30.6 Å². The number of morpholine rings is 1. The fourth-order valence-corrected chi connectivity index (χ4v) is 3.86. The zero-order valence-electron chi connectivity index (χ0n) is 15.2. The van der Waals surface area contributed by atoms with Crippen LogP contribution >= 0.6 is 0 Å². The molecule has 0 aliphatic carbocycles. The Kier molecular flexibility index (Phi) is 5.46. The molecule has 1 aromatic carbocycles. The van der Waals surface area contributed by atoms with Crippen LogP contribution in [0.25, 0.3) is 0 Å². The highest BCUT2D eigenvalue weighted by atomic mass is 16.7. The maximum Gasteiger partial charge on any atom is 0.319 e. The maximum absolute atomic E-state index is 12.5. The Balaban J connectivity index is 1.43. The number of ether oxygens (including phenoxy) is 4. The Morgan fingerprint density at radius 1 is 1.33 bits per heavy atom. The molecule has 3 heterocycles. The second kappa shape index (κ2) is 7.99. The first kappa shape index (κ1) is 18.5. The van der Waals surface area contributed by atoms with E-state index < -0.39 is 24.5 Å². The monoisotopic (exact) mass is 379 g/mol. The van der Waals surface area contributed by atoms with Gasteiger partial charge in [-0.25, -0.2) is 4.79 Å². The highest BCUT2D eigenvalue weighted by Crippen LogP contribution is 2.31. The van der Waals surface area contributed by atoms with Gasteiger partial charge in [0.15, 0.2) is 6.29 Å². The Bertz CT molecular complexity index is 668. The molecule has 1 aromatic rings. The molecule has 3 saturated heterocycles. The van der Waals surface area contributed by atoms with Gasteiger partial charge in [-0.3, -0.25) is 4.90 Å². The number of amides is 2. The van der Waals surface area contributed by atoms with Crippen LogP contribution in [0.2, 0.25) is 0 Å². The van der Waals surface area contributed by atoms with Crippen LogP contribution in [-0.2, 0) is 14.2 Å². The Hall–Kier alpha value is -1.91. The van der Waals surface area contributed by atoms with E-state index in [0.717, 1.165) is 0 Å². The summed E-state index contributed by atoms with van der Waals surface area (Å²) in [5.41, 5.74) is 0.600. The number of carbonyl (C=O) groups is 1. The lowest BCUT2D eigenvalue weighted by Crippen LogP contribution is -2.66. The fraction of sp³-hybridized carbons (Fsp3) is 0.611. The summed E-state index contributed by atoms with van der Waals surface area (Å²) in [6, 6.07) is 5.75. The van der Waals surface area contributed by atoms with Crippen molar-refractivity contribution in [1.82, 2.24) is 10.2 Å². The van der Waals surface area contributed by atoms with Crippen LogP contribution in [0.1, 0.15) is 0 Å². The topological polar surface area (TPSA) is 102 Å². The average molecular weight is 379 g/mol. The summed E-state index contributed by atoms with van der Waals surface area (Å²) in [4.78, 5) is 14.6. The van der Waals surface area contributed by atoms with E-state index >= 15 is 0 Å². The zero-order valence-corrected chi connectivity index (χ0v) is 15.2. The molecule has 5 unspecified atom stereocenters. The van der Waals surface area contributed by atoms with Crippen molar-refractivity contribution in [2.24, 2.45) is 0 Å². The molecule has 3 aliphatic rings. The van der Waals surface area contributed by atoms with Crippen molar-refractivity contribution in [1.29, 1.82) is 0 Å². The van der Waals surface area contributed by atoms with E-state index in [9.17, 15) is 9.90 Å². The number of hydrogen-bond acceptors (Lipinski definition) is 7. The number of hydrogen-bond donors (Lipinski definition) is 3. The average Bonchev–Trinajstić information content (AvgIpc) is 3.11. The molecule has 2 amide bonds. The smallest absolute Gasteiger partial charge is 0.319 e. The molecule has 148 valence electrons. The predicted molar refractivity (Wildman–Crippen MR) is 95.7 cm³/mol. The van der Waals surface area contributed by atoms with Crippen LogP contribution in [0.15, 0.2) is 24.3 Å². The number of aliphatic hydroxyl groups excluding tert-OH is 1. The molecule has 9 heteroatoms. The molecule has 0 radical (unpaired) electrons. The van der Waals surface area contributed by atoms with Gasteiger partial charge in [0.2, 0.25) is 0 Å². The minimum atomic E-state index is -0.801. The summed E-state index contributed by atoms with van der Waals surface area (Å²) < 4.78 is 22.2. The number of fused-ring (bicyclic) bond motifs is 2. The first-order valence-corrected chi connectivity index (χ1v) is 9.14. The molecule has 3 fully saturated rings. The third-order valence-corrected chi connectivity index (χ3v) is 5.22. The van der Waals surface area contributed by atoms with Crippen molar-refractivity contribution in [3.8, 4) is 5.75 Å². The van der Waals surface area contributed by atoms with Crippen LogP contribution < -0.4 is 15.4 Å². The quantitative estimate of drug-likeness (QED) is 0.677. The van der Waals surface area contributed by atoms with Gasteiger partial charge in [0, 0.05) is 24.8 Å². The van der Waals surface area contributed by atoms with Crippen molar-refractivity contribution < 1.29 is 28.8 Å². The SMILES string of the molecule is COc1cccc(NC(=O)NC2C3COC(O3)C(N3CCOCC3)C2O)c1. The van der Waals surface area contributed by atoms with Gasteiger partial charge in [0.25, 0.3) is 0 Å². The third kappa shape index (κ3) is 3.87. The Morgan fingerprint density at radius 3 is 2.93 bits per heavy atom. The number of aliphatic hydroxyl groups is 1. The summed E-state index contributed by atoms with van der Waals surface area (Å²) in [5, 5.41) is 16.6. The highest BCUT2D eigenvalue weighted by Gasteiger charge is 2.52. The van der Waals surface area contributed by atoms with Crippen molar-refractivity contribution >= 4 is 11.7 Å². The third-order valence-electron chi connectivity index (χ3n) is 5.22. The van der Waals surface area contributed by atoms with Gasteiger partial charge in [0.05, 0.1) is 45.1 Å². The molecule has 0 aromatic heterocycles. The van der Waals surface area contributed by atoms with Gasteiger partial charge >= 0.3 is 6.03 Å². The molecule has 4 rings (SSSR count). The van der Waals surface area contributed by atoms with Gasteiger partial charge in [0.1, 0.15) is 11.9 Å². The number of benzene rings is 1. The number of methoxy groups -OCH3 is 1. The Labute approximate surface area is 157 Å². The van der Waals surface area contributed by atoms with Crippen LogP contribution in [-0.4, -0.2) is 86.6 Å². The van der Waals surface area contributed by atoms with Crippen LogP contribution in [0.3, 0.4) is 0 Å². The van der Waals surface area contributed by atoms with Crippen LogP contribution in [0.4, 0.5) is 10.5 Å². The van der Waals surface area contributed by atoms with Crippen molar-refractivity contribution in [2.75, 3.05) is 45.3 Å². The highest BCUT2D eigenvalue weighted by molar-refractivity contribution is 5.89. The van der Waals surface area contributed by atoms with E-state index in [-0.39, 0.29) is 12.1 Å². The predicted octanol–water partition coefficient (Wildman–Crippen LogP) is 0.00210. The number of urea groups is 1. The molecule has 9 nitrogen and oxygen atoms in total. The van der Waals surface area contributed by atoms with E-state index in [4.69, 9.17) is 18.9 Å². The molecule has 0 saturated carbocycles. The normalized spacial score (nSPS) is 33.5. The Morgan fingerprint density at radius 2 is 2.15 bits per heavy atom. The molecule has 0 spiro atoms. The molecular formula is C18H25N3O6. The summed E-state index contributed by atoms with van der Waals surface area (Å²) in [6.45, 7) is 2.94. The molecule has 5 atom stereocenters. The van der Waals surface area contributed by atoms with Crippen molar-refractivity contribution in [3.05, 3.63) is 24.3 Å². The molecular weight excluding hydrogens is 354 g/mol. The minimum Gasteiger partial charge on any atom is -0.497 e. The summed E-state index contributed by atoms with van der Waals surface area (Å²) >= 11 is 0. The number of carbonyl (C=O) groups excluding carboxylic acids is 1. The van der Waals surface area contributed by atoms with E-state index in [1.54, 1.807) is 31.4 Å². The number of anilines is 1. The first-order chi connectivity index (χ1) is 13.2. The van der Waals surface area contributed by atoms with Gasteiger partial charge in [-0.05, 0) is 12.1 Å². The summed E-state index contributed by atoms with van der Waals surface area (Å²) in [7, 11) is 1.57. The van der Waals surface area contributed by atoms with Gasteiger partial charge < -0.3 is 34.7 Å². The van der Waals surface area contributed by atoms with Crippen LogP contribution in [0.5, 0.6) is 5.75 Å². The second-order valence-corrected chi connectivity index (χ2v) is 6.86. The van der Waals surface area contributed by atoms with E-state index in [0.29, 0.717) is 44.3 Å². The van der Waals surface area contributed by atoms with Gasteiger partial charge in [-0.15, -0.1) is 0 Å². The summed E-state index contributed by atoms with van der Waals surface area (Å²) in [5.74, 6) is 0.647. The lowest BCUT2D eigenvalue weighted by atomic mass is 9.94. The van der Waals surface area contributed by atoms with Gasteiger partial charge in [-0.2, -0.15) is 0 Å². The maximum atomic E-state index is 12.5. The van der Waals surface area contributed by atoms with E-state index in [1.807, 2.05) is 0 Å². The zero-order chi connectivity index (χ0) is 18.8. The van der Waals surface area contributed by atoms with E-state index in [1.165, 1.54) is 0 Å². The first-order valence-electron chi connectivity index (χ1n) is 9.14. The second-order valence-electron chi connectivity index (χ2n) is 6.86. The summed E-state index contributed by atoms with van der Waals surface area (Å²) in [6.07, 6.45) is -1.66. The lowest BCUT2D eigenvalue weighted by molar-refractivity contribution is -0.189. The largest absolute Gasteiger partial charge is 0.497 e. The fourth-order valence-electron chi connectivity index (χ4n) is 3.86. The number of nitrogens with one attached hydrogen (secondary N) is 2. The van der Waals surface area contributed by atoms with Gasteiger partial charge in [-0.1, -0.05) is 6.07 Å². The minimum absolute atomic E-state index is 0.338. The molecule has 2 bridgehead atoms. The lowest BCUT2D eigenvalue weighted by Gasteiger charge is -2.44. The molecule has 3 aliphatic heterocycles. The van der Waals surface area contributed by atoms with Crippen LogP contribution in [0, 0.1) is 0 Å². The standard InChI is InChI=1S/C18H25N3O6/c1-24-12-4-2-3-11(9-12)19-18(23)20-14-13-10-26-17(27-13)15(16(14)22)21-5-7-25-8-6-21/h2-4,9,13-17,22H,5-8,10H2,1H3,(H2,19,20,23). The number of rotatable bonds is 4. The molecule has 27 heavy (non-hydrogen) atoms. The number of nitrogens with zero attached hydrogens (tertiary/aromatic N) is 1. The van der Waals surface area contributed by atoms with E-state index in [2.05, 4.69) is 15.5 Å². The van der Waals surface area contributed by atoms with Crippen molar-refractivity contribution in [3.63, 3.8) is 0 Å².